The second-order valence-electron chi connectivity index (χ2n) is 2.83. The molecule has 0 aromatic heterocycles. The van der Waals surface area contributed by atoms with Crippen molar-refractivity contribution in [3.63, 3.8) is 0 Å². The summed E-state index contributed by atoms with van der Waals surface area (Å²) in [4.78, 5) is 10.7. The molecular weight excluding hydrogens is 156 g/mol. The fourth-order valence-electron chi connectivity index (χ4n) is 0.869. The lowest BCUT2D eigenvalue weighted by Crippen LogP contribution is -2.43. The van der Waals surface area contributed by atoms with E-state index in [1.54, 1.807) is 0 Å². The molecule has 72 valence electrons. The van der Waals surface area contributed by atoms with Gasteiger partial charge in [-0.15, -0.1) is 0 Å². The van der Waals surface area contributed by atoms with Crippen LogP contribution in [0.3, 0.4) is 0 Å². The minimum atomic E-state index is -0.390. The highest BCUT2D eigenvalue weighted by atomic mass is 16.3. The van der Waals surface area contributed by atoms with Crippen LogP contribution in [-0.2, 0) is 4.79 Å². The number of primary amides is 1. The van der Waals surface area contributed by atoms with Gasteiger partial charge in [-0.05, 0) is 12.8 Å². The van der Waals surface area contributed by atoms with Crippen LogP contribution in [0.5, 0.6) is 0 Å². The summed E-state index contributed by atoms with van der Waals surface area (Å²) in [6, 6.07) is -0.314. The molecule has 4 heteroatoms. The largest absolute Gasteiger partial charge is 0.392 e. The fourth-order valence-corrected chi connectivity index (χ4v) is 0.869. The fraction of sp³-hybridized carbons (Fsp3) is 0.875. The van der Waals surface area contributed by atoms with Crippen LogP contribution in [-0.4, -0.2) is 29.7 Å². The number of aliphatic hydroxyl groups excluding tert-OH is 1. The van der Waals surface area contributed by atoms with Crippen LogP contribution in [0.2, 0.25) is 0 Å². The number of nitrogens with one attached hydrogen (secondary N) is 1. The van der Waals surface area contributed by atoms with Crippen molar-refractivity contribution < 1.29 is 9.90 Å². The molecule has 2 atom stereocenters. The molecule has 1 amide bonds. The van der Waals surface area contributed by atoms with Crippen LogP contribution >= 0.6 is 0 Å². The first-order chi connectivity index (χ1) is 5.61. The summed E-state index contributed by atoms with van der Waals surface area (Å²) in [5.41, 5.74) is 5.09. The van der Waals surface area contributed by atoms with Crippen molar-refractivity contribution in [2.75, 3.05) is 6.54 Å². The SMILES string of the molecule is CCC(O)CNC(CC)C(N)=O. The molecule has 0 aliphatic carbocycles. The summed E-state index contributed by atoms with van der Waals surface area (Å²) >= 11 is 0. The molecule has 0 aromatic carbocycles. The molecule has 0 fully saturated rings. The predicted molar refractivity (Wildman–Crippen MR) is 47.6 cm³/mol. The van der Waals surface area contributed by atoms with Gasteiger partial charge in [0.15, 0.2) is 0 Å². The van der Waals surface area contributed by atoms with Crippen LogP contribution in [0, 0.1) is 0 Å². The van der Waals surface area contributed by atoms with Gasteiger partial charge in [0, 0.05) is 6.54 Å². The number of amides is 1. The molecule has 4 nitrogen and oxygen atoms in total. The minimum absolute atomic E-state index is 0.314. The third-order valence-electron chi connectivity index (χ3n) is 1.82. The van der Waals surface area contributed by atoms with E-state index >= 15 is 0 Å². The Balaban J connectivity index is 3.65. The van der Waals surface area contributed by atoms with E-state index in [0.717, 1.165) is 0 Å². The summed E-state index contributed by atoms with van der Waals surface area (Å²) in [5, 5.41) is 12.1. The van der Waals surface area contributed by atoms with Crippen molar-refractivity contribution in [2.24, 2.45) is 5.73 Å². The van der Waals surface area contributed by atoms with Crippen molar-refractivity contribution >= 4 is 5.91 Å². The van der Waals surface area contributed by atoms with Crippen LogP contribution in [0.4, 0.5) is 0 Å². The second kappa shape index (κ2) is 5.97. The molecule has 2 unspecified atom stereocenters. The molecule has 12 heavy (non-hydrogen) atoms. The van der Waals surface area contributed by atoms with Gasteiger partial charge in [0.05, 0.1) is 12.1 Å². The monoisotopic (exact) mass is 174 g/mol. The highest BCUT2D eigenvalue weighted by Crippen LogP contribution is 1.92. The van der Waals surface area contributed by atoms with Crippen molar-refractivity contribution in [1.29, 1.82) is 0 Å². The smallest absolute Gasteiger partial charge is 0.234 e. The number of carbonyl (C=O) groups excluding carboxylic acids is 1. The molecule has 0 rings (SSSR count). The van der Waals surface area contributed by atoms with E-state index in [2.05, 4.69) is 5.32 Å². The number of carbonyl (C=O) groups is 1. The molecular formula is C8H18N2O2. The van der Waals surface area contributed by atoms with Crippen molar-refractivity contribution in [1.82, 2.24) is 5.32 Å². The quantitative estimate of drug-likeness (QED) is 0.513. The molecule has 4 N–H and O–H groups in total. The predicted octanol–water partition coefficient (Wildman–Crippen LogP) is -0.389. The van der Waals surface area contributed by atoms with Crippen molar-refractivity contribution in [2.45, 2.75) is 38.8 Å². The van der Waals surface area contributed by atoms with E-state index in [1.807, 2.05) is 13.8 Å². The van der Waals surface area contributed by atoms with Gasteiger partial charge in [-0.2, -0.15) is 0 Å². The van der Waals surface area contributed by atoms with E-state index in [9.17, 15) is 4.79 Å². The highest BCUT2D eigenvalue weighted by molar-refractivity contribution is 5.79. The van der Waals surface area contributed by atoms with Gasteiger partial charge in [-0.1, -0.05) is 13.8 Å². The van der Waals surface area contributed by atoms with Gasteiger partial charge >= 0.3 is 0 Å². The molecule has 0 aromatic rings. The number of rotatable bonds is 6. The Morgan fingerprint density at radius 1 is 1.50 bits per heavy atom. The summed E-state index contributed by atoms with van der Waals surface area (Å²) < 4.78 is 0. The van der Waals surface area contributed by atoms with E-state index < -0.39 is 6.10 Å². The minimum Gasteiger partial charge on any atom is -0.392 e. The van der Waals surface area contributed by atoms with E-state index in [-0.39, 0.29) is 11.9 Å². The number of hydrogen-bond acceptors (Lipinski definition) is 3. The van der Waals surface area contributed by atoms with Crippen LogP contribution in [0.1, 0.15) is 26.7 Å². The summed E-state index contributed by atoms with van der Waals surface area (Å²) in [7, 11) is 0. The zero-order valence-electron chi connectivity index (χ0n) is 7.71. The van der Waals surface area contributed by atoms with Crippen molar-refractivity contribution in [3.05, 3.63) is 0 Å². The maximum Gasteiger partial charge on any atom is 0.234 e. The Kier molecular flexibility index (Phi) is 5.66. The maximum atomic E-state index is 10.7. The van der Waals surface area contributed by atoms with Gasteiger partial charge in [0.2, 0.25) is 5.91 Å². The lowest BCUT2D eigenvalue weighted by atomic mass is 10.2. The Hall–Kier alpha value is -0.610. The first-order valence-electron chi connectivity index (χ1n) is 4.32. The Bertz CT molecular complexity index is 139. The van der Waals surface area contributed by atoms with Crippen LogP contribution < -0.4 is 11.1 Å². The summed E-state index contributed by atoms with van der Waals surface area (Å²) in [6.07, 6.45) is 0.951. The van der Waals surface area contributed by atoms with E-state index in [0.29, 0.717) is 19.4 Å². The normalized spacial score (nSPS) is 15.6. The Labute approximate surface area is 73.1 Å². The number of nitrogens with two attached hydrogens (primary N) is 1. The van der Waals surface area contributed by atoms with E-state index in [1.165, 1.54) is 0 Å². The second-order valence-corrected chi connectivity index (χ2v) is 2.83. The van der Waals surface area contributed by atoms with Crippen LogP contribution in [0.15, 0.2) is 0 Å². The van der Waals surface area contributed by atoms with E-state index in [4.69, 9.17) is 10.8 Å². The molecule has 0 heterocycles. The molecule has 0 spiro atoms. The van der Waals surface area contributed by atoms with Gasteiger partial charge in [-0.3, -0.25) is 4.79 Å². The molecule has 0 radical (unpaired) electrons. The topological polar surface area (TPSA) is 75.3 Å². The molecule has 0 saturated carbocycles. The first kappa shape index (κ1) is 11.4. The molecule has 0 bridgehead atoms. The van der Waals surface area contributed by atoms with Crippen LogP contribution in [0.25, 0.3) is 0 Å². The Morgan fingerprint density at radius 2 is 2.08 bits per heavy atom. The summed E-state index contributed by atoms with van der Waals surface area (Å²) in [5.74, 6) is -0.360. The molecule has 0 saturated heterocycles. The van der Waals surface area contributed by atoms with Crippen molar-refractivity contribution in [3.8, 4) is 0 Å². The zero-order valence-corrected chi connectivity index (χ0v) is 7.71. The average Bonchev–Trinajstić information content (AvgIpc) is 2.04. The third-order valence-corrected chi connectivity index (χ3v) is 1.82. The lowest BCUT2D eigenvalue weighted by Gasteiger charge is -2.15. The van der Waals surface area contributed by atoms with Gasteiger partial charge in [-0.25, -0.2) is 0 Å². The van der Waals surface area contributed by atoms with Gasteiger partial charge in [0.25, 0.3) is 0 Å². The highest BCUT2D eigenvalue weighted by Gasteiger charge is 2.12. The summed E-state index contributed by atoms with van der Waals surface area (Å²) in [6.45, 7) is 4.19. The van der Waals surface area contributed by atoms with Gasteiger partial charge in [0.1, 0.15) is 0 Å². The standard InChI is InChI=1S/C8H18N2O2/c1-3-6(11)5-10-7(4-2)8(9)12/h6-7,10-11H,3-5H2,1-2H3,(H2,9,12). The molecule has 0 aliphatic rings. The maximum absolute atomic E-state index is 10.7. The molecule has 0 aliphatic heterocycles. The average molecular weight is 174 g/mol. The lowest BCUT2D eigenvalue weighted by molar-refractivity contribution is -0.120. The van der Waals surface area contributed by atoms with Gasteiger partial charge < -0.3 is 16.2 Å². The Morgan fingerprint density at radius 3 is 2.42 bits per heavy atom. The zero-order chi connectivity index (χ0) is 9.56. The third kappa shape index (κ3) is 4.31. The number of aliphatic hydroxyl groups is 1. The first-order valence-corrected chi connectivity index (χ1v) is 4.32. The number of hydrogen-bond donors (Lipinski definition) is 3.